The van der Waals surface area contributed by atoms with Crippen LogP contribution in [0, 0.1) is 17.2 Å². The number of fused-ring (bicyclic) bond motifs is 4. The summed E-state index contributed by atoms with van der Waals surface area (Å²) in [5.74, 6) is -0.0760. The molecule has 3 amide bonds. The van der Waals surface area contributed by atoms with Gasteiger partial charge in [-0.3, -0.25) is 14.5 Å². The standard InChI is InChI=1S/C26H19N5O3/c27-11-13-1-2-16-18(7-13)26-10-14(26)12-31(23(26)9-22(16)32)24(33)20-8-17-15-5-6-30(25(28)34)21(15)4-3-19(17)29-20/h1-4,7-9,14,29H,5-6,10,12H2,(H2,28,34)/t14-,26-/m0/s1. The normalized spacial score (nSPS) is 23.7. The molecule has 3 N–H and O–H groups in total. The van der Waals surface area contributed by atoms with Crippen molar-refractivity contribution in [1.82, 2.24) is 9.88 Å². The number of aromatic nitrogens is 1. The maximum absolute atomic E-state index is 13.7. The van der Waals surface area contributed by atoms with Crippen molar-refractivity contribution in [3.8, 4) is 6.07 Å². The molecule has 3 heterocycles. The van der Waals surface area contributed by atoms with Crippen LogP contribution in [0.1, 0.15) is 44.0 Å². The molecule has 2 atom stereocenters. The van der Waals surface area contributed by atoms with Crippen LogP contribution in [0.4, 0.5) is 10.5 Å². The maximum Gasteiger partial charge on any atom is 0.319 e. The number of piperidine rings is 1. The number of rotatable bonds is 1. The van der Waals surface area contributed by atoms with E-state index in [4.69, 9.17) is 5.73 Å². The lowest BCUT2D eigenvalue weighted by Gasteiger charge is -2.29. The topological polar surface area (TPSA) is 123 Å². The van der Waals surface area contributed by atoms with E-state index in [1.165, 1.54) is 0 Å². The smallest absolute Gasteiger partial charge is 0.319 e. The van der Waals surface area contributed by atoms with Gasteiger partial charge in [-0.25, -0.2) is 4.79 Å². The highest BCUT2D eigenvalue weighted by Crippen LogP contribution is 2.66. The summed E-state index contributed by atoms with van der Waals surface area (Å²) in [4.78, 5) is 44.8. The fraction of sp³-hybridized carbons (Fsp3) is 0.231. The Balaban J connectivity index is 1.28. The van der Waals surface area contributed by atoms with E-state index in [2.05, 4.69) is 11.1 Å². The zero-order valence-corrected chi connectivity index (χ0v) is 18.1. The molecule has 1 aromatic heterocycles. The number of H-pyrrole nitrogens is 1. The highest BCUT2D eigenvalue weighted by Gasteiger charge is 2.67. The molecule has 7 rings (SSSR count). The lowest BCUT2D eigenvalue weighted by Crippen LogP contribution is -2.34. The van der Waals surface area contributed by atoms with Crippen molar-refractivity contribution in [1.29, 1.82) is 5.26 Å². The molecule has 0 radical (unpaired) electrons. The van der Waals surface area contributed by atoms with Gasteiger partial charge in [0.25, 0.3) is 5.91 Å². The number of likely N-dealkylation sites (tertiary alicyclic amines) is 1. The molecule has 4 aliphatic rings. The van der Waals surface area contributed by atoms with Crippen molar-refractivity contribution >= 4 is 34.3 Å². The second kappa shape index (κ2) is 6.14. The van der Waals surface area contributed by atoms with Crippen LogP contribution in [0.5, 0.6) is 0 Å². The fourth-order valence-electron chi connectivity index (χ4n) is 6.29. The third-order valence-corrected chi connectivity index (χ3v) is 7.93. The van der Waals surface area contributed by atoms with Gasteiger partial charge in [-0.1, -0.05) is 0 Å². The summed E-state index contributed by atoms with van der Waals surface area (Å²) in [7, 11) is 0. The monoisotopic (exact) mass is 449 g/mol. The zero-order chi connectivity index (χ0) is 23.4. The Morgan fingerprint density at radius 3 is 2.82 bits per heavy atom. The van der Waals surface area contributed by atoms with E-state index < -0.39 is 6.03 Å². The molecule has 2 aromatic carbocycles. The molecule has 2 aliphatic carbocycles. The molecule has 0 bridgehead atoms. The number of amides is 3. The highest BCUT2D eigenvalue weighted by atomic mass is 16.2. The molecule has 34 heavy (non-hydrogen) atoms. The summed E-state index contributed by atoms with van der Waals surface area (Å²) in [5.41, 5.74) is 10.9. The van der Waals surface area contributed by atoms with Crippen LogP contribution in [-0.2, 0) is 11.8 Å². The molecule has 0 unspecified atom stereocenters. The molecular weight excluding hydrogens is 430 g/mol. The van der Waals surface area contributed by atoms with Crippen molar-refractivity contribution in [2.75, 3.05) is 18.0 Å². The molecule has 166 valence electrons. The number of primary amides is 1. The summed E-state index contributed by atoms with van der Waals surface area (Å²) < 4.78 is 0. The SMILES string of the molecule is N#Cc1ccc2c(c1)[C@]13C[C@H]1CN(C(=O)c1cc4c5c(ccc4[nH]1)N(C(N)=O)CC5)C3=CC2=O. The number of hydrogen-bond donors (Lipinski definition) is 2. The Labute approximate surface area is 194 Å². The zero-order valence-electron chi connectivity index (χ0n) is 18.1. The van der Waals surface area contributed by atoms with Crippen molar-refractivity contribution in [2.45, 2.75) is 18.3 Å². The van der Waals surface area contributed by atoms with E-state index in [-0.39, 0.29) is 23.0 Å². The predicted octanol–water partition coefficient (Wildman–Crippen LogP) is 2.97. The van der Waals surface area contributed by atoms with Gasteiger partial charge in [0.05, 0.1) is 11.6 Å². The number of benzene rings is 2. The predicted molar refractivity (Wildman–Crippen MR) is 123 cm³/mol. The molecule has 8 heteroatoms. The number of anilines is 1. The molecule has 8 nitrogen and oxygen atoms in total. The van der Waals surface area contributed by atoms with Crippen LogP contribution in [0.25, 0.3) is 10.9 Å². The Bertz CT molecular complexity index is 1570. The van der Waals surface area contributed by atoms with Gasteiger partial charge in [0.15, 0.2) is 5.78 Å². The number of aromatic amines is 1. The van der Waals surface area contributed by atoms with Crippen LogP contribution in [0.3, 0.4) is 0 Å². The summed E-state index contributed by atoms with van der Waals surface area (Å²) >= 11 is 0. The molecule has 1 saturated heterocycles. The fourth-order valence-corrected chi connectivity index (χ4v) is 6.29. The molecule has 2 aliphatic heterocycles. The van der Waals surface area contributed by atoms with Gasteiger partial charge in [-0.2, -0.15) is 5.26 Å². The number of carbonyl (C=O) groups excluding carboxylic acids is 3. The molecule has 1 saturated carbocycles. The van der Waals surface area contributed by atoms with Gasteiger partial charge in [-0.05, 0) is 66.3 Å². The lowest BCUT2D eigenvalue weighted by atomic mass is 9.80. The Morgan fingerprint density at radius 1 is 1.18 bits per heavy atom. The number of allylic oxidation sites excluding steroid dienone is 2. The molecular formula is C26H19N5O3. The average molecular weight is 449 g/mol. The number of ketones is 1. The first-order valence-electron chi connectivity index (χ1n) is 11.3. The van der Waals surface area contributed by atoms with Gasteiger partial charge in [0.1, 0.15) is 5.69 Å². The number of nitrogens with one attached hydrogen (secondary N) is 1. The van der Waals surface area contributed by atoms with Gasteiger partial charge in [-0.15, -0.1) is 0 Å². The van der Waals surface area contributed by atoms with E-state index in [1.807, 2.05) is 24.3 Å². The Hall–Kier alpha value is -4.38. The Kier molecular flexibility index (Phi) is 3.45. The summed E-state index contributed by atoms with van der Waals surface area (Å²) in [6.45, 7) is 1.06. The number of hydrogen-bond acceptors (Lipinski definition) is 4. The van der Waals surface area contributed by atoms with E-state index in [0.29, 0.717) is 36.3 Å². The number of nitrogens with two attached hydrogens (primary N) is 1. The first kappa shape index (κ1) is 19.1. The van der Waals surface area contributed by atoms with Crippen molar-refractivity contribution in [3.05, 3.63) is 76.1 Å². The summed E-state index contributed by atoms with van der Waals surface area (Å²) in [5, 5.41) is 10.3. The van der Waals surface area contributed by atoms with E-state index in [0.717, 1.165) is 39.8 Å². The third kappa shape index (κ3) is 2.23. The van der Waals surface area contributed by atoms with Gasteiger partial charge < -0.3 is 15.6 Å². The maximum atomic E-state index is 13.7. The summed E-state index contributed by atoms with van der Waals surface area (Å²) in [6, 6.07) is 12.4. The van der Waals surface area contributed by atoms with E-state index >= 15 is 0 Å². The van der Waals surface area contributed by atoms with Crippen molar-refractivity contribution in [2.24, 2.45) is 11.7 Å². The van der Waals surface area contributed by atoms with Gasteiger partial charge in [0.2, 0.25) is 0 Å². The summed E-state index contributed by atoms with van der Waals surface area (Å²) in [6.07, 6.45) is 3.15. The molecule has 2 fully saturated rings. The largest absolute Gasteiger partial charge is 0.351 e. The minimum absolute atomic E-state index is 0.133. The van der Waals surface area contributed by atoms with Crippen molar-refractivity contribution < 1.29 is 14.4 Å². The first-order chi connectivity index (χ1) is 16.4. The van der Waals surface area contributed by atoms with Crippen LogP contribution in [-0.4, -0.2) is 40.7 Å². The molecule has 1 spiro atoms. The lowest BCUT2D eigenvalue weighted by molar-refractivity contribution is 0.0806. The van der Waals surface area contributed by atoms with Crippen LogP contribution in [0.2, 0.25) is 0 Å². The second-order valence-corrected chi connectivity index (χ2v) is 9.50. The van der Waals surface area contributed by atoms with E-state index in [1.54, 1.807) is 28.0 Å². The van der Waals surface area contributed by atoms with Gasteiger partial charge in [0, 0.05) is 52.4 Å². The number of urea groups is 1. The van der Waals surface area contributed by atoms with Crippen LogP contribution < -0.4 is 10.6 Å². The Morgan fingerprint density at radius 2 is 2.03 bits per heavy atom. The number of carbonyl (C=O) groups is 3. The highest BCUT2D eigenvalue weighted by molar-refractivity contribution is 6.10. The number of nitriles is 1. The first-order valence-corrected chi connectivity index (χ1v) is 11.3. The third-order valence-electron chi connectivity index (χ3n) is 7.93. The average Bonchev–Trinajstić information content (AvgIpc) is 3.16. The quantitative estimate of drug-likeness (QED) is 0.593. The minimum Gasteiger partial charge on any atom is -0.351 e. The second-order valence-electron chi connectivity index (χ2n) is 9.50. The minimum atomic E-state index is -0.486. The van der Waals surface area contributed by atoms with Crippen molar-refractivity contribution in [3.63, 3.8) is 0 Å². The molecule has 3 aromatic rings. The van der Waals surface area contributed by atoms with Crippen LogP contribution >= 0.6 is 0 Å². The van der Waals surface area contributed by atoms with Crippen LogP contribution in [0.15, 0.2) is 48.2 Å². The van der Waals surface area contributed by atoms with E-state index in [9.17, 15) is 19.6 Å². The number of nitrogens with zero attached hydrogens (tertiary/aromatic N) is 3. The van der Waals surface area contributed by atoms with Gasteiger partial charge >= 0.3 is 6.03 Å².